The minimum absolute atomic E-state index is 0.477. The zero-order valence-corrected chi connectivity index (χ0v) is 11.5. The molecule has 0 saturated carbocycles. The molecule has 0 radical (unpaired) electrons. The second-order valence-corrected chi connectivity index (χ2v) is 4.51. The second-order valence-electron chi connectivity index (χ2n) is 4.51. The van der Waals surface area contributed by atoms with Crippen LogP contribution < -0.4 is 9.47 Å². The summed E-state index contributed by atoms with van der Waals surface area (Å²) in [4.78, 5) is 11.5. The minimum Gasteiger partial charge on any atom is -0.496 e. The van der Waals surface area contributed by atoms with E-state index in [1.54, 1.807) is 27.2 Å². The minimum atomic E-state index is -0.980. The summed E-state index contributed by atoms with van der Waals surface area (Å²) < 4.78 is 10.6. The molecule has 0 saturated heterocycles. The number of methoxy groups -OCH3 is 2. The molecule has 0 aliphatic heterocycles. The first kappa shape index (κ1) is 14.4. The number of hydrogen-bond acceptors (Lipinski definition) is 3. The lowest BCUT2D eigenvalue weighted by Gasteiger charge is -2.26. The smallest absolute Gasteiger partial charge is 0.313 e. The maximum Gasteiger partial charge on any atom is 0.313 e. The molecule has 0 amide bonds. The lowest BCUT2D eigenvalue weighted by molar-refractivity contribution is -0.143. The van der Waals surface area contributed by atoms with Crippen molar-refractivity contribution in [3.05, 3.63) is 23.3 Å². The van der Waals surface area contributed by atoms with Crippen LogP contribution in [-0.4, -0.2) is 25.3 Å². The highest BCUT2D eigenvalue weighted by Crippen LogP contribution is 2.38. The number of aryl methyl sites for hydroxylation is 1. The number of carboxylic acid groups (broad SMARTS) is 1. The van der Waals surface area contributed by atoms with Crippen molar-refractivity contribution in [2.75, 3.05) is 14.2 Å². The average Bonchev–Trinajstić information content (AvgIpc) is 2.36. The summed E-state index contributed by atoms with van der Waals surface area (Å²) in [6.45, 7) is 5.44. The lowest BCUT2D eigenvalue weighted by Crippen LogP contribution is -2.32. The third-order valence-corrected chi connectivity index (χ3v) is 3.49. The Labute approximate surface area is 108 Å². The van der Waals surface area contributed by atoms with Crippen LogP contribution in [0, 0.1) is 6.92 Å². The molecule has 0 heterocycles. The molecular formula is C14H20O4. The Bertz CT molecular complexity index is 453. The summed E-state index contributed by atoms with van der Waals surface area (Å²) in [5, 5.41) is 9.44. The van der Waals surface area contributed by atoms with Crippen molar-refractivity contribution in [2.45, 2.75) is 32.6 Å². The maximum atomic E-state index is 11.5. The van der Waals surface area contributed by atoms with Crippen LogP contribution in [0.5, 0.6) is 11.5 Å². The van der Waals surface area contributed by atoms with Gasteiger partial charge < -0.3 is 14.6 Å². The predicted octanol–water partition coefficient (Wildman–Crippen LogP) is 2.76. The lowest BCUT2D eigenvalue weighted by atomic mass is 9.79. The SMILES string of the molecule is CCC(C)(C(=O)O)c1cc(OC)c(C)cc1OC. The fourth-order valence-electron chi connectivity index (χ4n) is 1.94. The highest BCUT2D eigenvalue weighted by molar-refractivity contribution is 5.82. The molecule has 0 fully saturated rings. The Morgan fingerprint density at radius 2 is 1.83 bits per heavy atom. The quantitative estimate of drug-likeness (QED) is 0.875. The van der Waals surface area contributed by atoms with E-state index in [2.05, 4.69) is 0 Å². The van der Waals surface area contributed by atoms with Gasteiger partial charge in [0.05, 0.1) is 19.6 Å². The van der Waals surface area contributed by atoms with Gasteiger partial charge in [0.25, 0.3) is 0 Å². The van der Waals surface area contributed by atoms with Crippen LogP contribution in [0.1, 0.15) is 31.4 Å². The highest BCUT2D eigenvalue weighted by Gasteiger charge is 2.36. The van der Waals surface area contributed by atoms with Crippen molar-refractivity contribution in [3.8, 4) is 11.5 Å². The molecule has 0 aromatic heterocycles. The Morgan fingerprint density at radius 3 is 2.22 bits per heavy atom. The fraction of sp³-hybridized carbons (Fsp3) is 0.500. The molecule has 0 aliphatic rings. The normalized spacial score (nSPS) is 13.8. The van der Waals surface area contributed by atoms with E-state index in [4.69, 9.17) is 9.47 Å². The topological polar surface area (TPSA) is 55.8 Å². The number of rotatable bonds is 5. The molecule has 4 nitrogen and oxygen atoms in total. The van der Waals surface area contributed by atoms with Gasteiger partial charge in [-0.1, -0.05) is 6.92 Å². The molecule has 0 spiro atoms. The average molecular weight is 252 g/mol. The first-order chi connectivity index (χ1) is 8.40. The van der Waals surface area contributed by atoms with Crippen LogP contribution in [0.15, 0.2) is 12.1 Å². The monoisotopic (exact) mass is 252 g/mol. The number of aliphatic carboxylic acids is 1. The van der Waals surface area contributed by atoms with Gasteiger partial charge in [-0.2, -0.15) is 0 Å². The van der Waals surface area contributed by atoms with E-state index in [0.29, 0.717) is 23.5 Å². The van der Waals surface area contributed by atoms with Crippen molar-refractivity contribution < 1.29 is 19.4 Å². The Kier molecular flexibility index (Phi) is 4.22. The second kappa shape index (κ2) is 5.29. The molecule has 1 atom stereocenters. The molecule has 1 unspecified atom stereocenters. The third kappa shape index (κ3) is 2.28. The van der Waals surface area contributed by atoms with Gasteiger partial charge in [-0.3, -0.25) is 4.79 Å². The van der Waals surface area contributed by atoms with Crippen LogP contribution in [-0.2, 0) is 10.2 Å². The highest BCUT2D eigenvalue weighted by atomic mass is 16.5. The zero-order valence-electron chi connectivity index (χ0n) is 11.5. The van der Waals surface area contributed by atoms with E-state index in [9.17, 15) is 9.90 Å². The molecule has 1 aromatic rings. The summed E-state index contributed by atoms with van der Waals surface area (Å²) in [6, 6.07) is 3.57. The standard InChI is InChI=1S/C14H20O4/c1-6-14(3,13(15)16)10-8-11(17-4)9(2)7-12(10)18-5/h7-8H,6H2,1-5H3,(H,15,16). The molecule has 4 heteroatoms. The van der Waals surface area contributed by atoms with Gasteiger partial charge in [0, 0.05) is 5.56 Å². The largest absolute Gasteiger partial charge is 0.496 e. The van der Waals surface area contributed by atoms with E-state index >= 15 is 0 Å². The third-order valence-electron chi connectivity index (χ3n) is 3.49. The van der Waals surface area contributed by atoms with E-state index < -0.39 is 11.4 Å². The van der Waals surface area contributed by atoms with Crippen molar-refractivity contribution in [1.29, 1.82) is 0 Å². The van der Waals surface area contributed by atoms with E-state index in [1.165, 1.54) is 0 Å². The summed E-state index contributed by atoms with van der Waals surface area (Å²) in [6.07, 6.45) is 0.477. The van der Waals surface area contributed by atoms with Crippen molar-refractivity contribution in [3.63, 3.8) is 0 Å². The van der Waals surface area contributed by atoms with Gasteiger partial charge in [-0.15, -0.1) is 0 Å². The van der Waals surface area contributed by atoms with E-state index in [-0.39, 0.29) is 0 Å². The number of ether oxygens (including phenoxy) is 2. The van der Waals surface area contributed by atoms with Crippen molar-refractivity contribution in [1.82, 2.24) is 0 Å². The molecule has 0 aliphatic carbocycles. The molecule has 18 heavy (non-hydrogen) atoms. The number of benzene rings is 1. The van der Waals surface area contributed by atoms with Crippen LogP contribution in [0.2, 0.25) is 0 Å². The van der Waals surface area contributed by atoms with Crippen LogP contribution in [0.25, 0.3) is 0 Å². The molecular weight excluding hydrogens is 232 g/mol. The van der Waals surface area contributed by atoms with E-state index in [0.717, 1.165) is 5.56 Å². The Morgan fingerprint density at radius 1 is 1.28 bits per heavy atom. The summed E-state index contributed by atoms with van der Waals surface area (Å²) in [5.41, 5.74) is 0.580. The van der Waals surface area contributed by atoms with Gasteiger partial charge in [-0.05, 0) is 38.0 Å². The van der Waals surface area contributed by atoms with Crippen molar-refractivity contribution >= 4 is 5.97 Å². The molecule has 0 bridgehead atoms. The Hall–Kier alpha value is -1.71. The fourth-order valence-corrected chi connectivity index (χ4v) is 1.94. The van der Waals surface area contributed by atoms with Gasteiger partial charge in [0.1, 0.15) is 11.5 Å². The molecule has 1 aromatic carbocycles. The first-order valence-electron chi connectivity index (χ1n) is 5.87. The van der Waals surface area contributed by atoms with Gasteiger partial charge >= 0.3 is 5.97 Å². The van der Waals surface area contributed by atoms with Crippen LogP contribution >= 0.6 is 0 Å². The number of carboxylic acids is 1. The maximum absolute atomic E-state index is 11.5. The van der Waals surface area contributed by atoms with E-state index in [1.807, 2.05) is 19.9 Å². The zero-order chi connectivity index (χ0) is 13.9. The first-order valence-corrected chi connectivity index (χ1v) is 5.87. The van der Waals surface area contributed by atoms with Crippen LogP contribution in [0.4, 0.5) is 0 Å². The Balaban J connectivity index is 3.50. The molecule has 1 N–H and O–H groups in total. The van der Waals surface area contributed by atoms with Crippen molar-refractivity contribution in [2.24, 2.45) is 0 Å². The summed E-state index contributed by atoms with van der Waals surface area (Å²) >= 11 is 0. The predicted molar refractivity (Wildman–Crippen MR) is 69.6 cm³/mol. The molecule has 100 valence electrons. The van der Waals surface area contributed by atoms with Gasteiger partial charge in [-0.25, -0.2) is 0 Å². The van der Waals surface area contributed by atoms with Gasteiger partial charge in [0.2, 0.25) is 0 Å². The number of carbonyl (C=O) groups is 1. The molecule has 1 rings (SSSR count). The van der Waals surface area contributed by atoms with Gasteiger partial charge in [0.15, 0.2) is 0 Å². The summed E-state index contributed by atoms with van der Waals surface area (Å²) in [7, 11) is 3.12. The number of hydrogen-bond donors (Lipinski definition) is 1. The summed E-state index contributed by atoms with van der Waals surface area (Å²) in [5.74, 6) is 0.390. The van der Waals surface area contributed by atoms with Crippen LogP contribution in [0.3, 0.4) is 0 Å².